The number of thiocarbonyl (C=S) groups is 1. The molecule has 0 spiro atoms. The summed E-state index contributed by atoms with van der Waals surface area (Å²) in [7, 11) is 0. The molecule has 0 atom stereocenters. The number of nitrogens with zero attached hydrogens (tertiary/aromatic N) is 1. The number of primary amides is 1. The van der Waals surface area contributed by atoms with Crippen LogP contribution in [0.25, 0.3) is 0 Å². The quantitative estimate of drug-likeness (QED) is 0.447. The number of allylic oxidation sites excluding steroid dienone is 1. The molecule has 0 radical (unpaired) electrons. The average Bonchev–Trinajstić information content (AvgIpc) is 2.87. The Hall–Kier alpha value is -1.77. The molecule has 8 heteroatoms. The van der Waals surface area contributed by atoms with E-state index in [1.165, 1.54) is 11.3 Å². The van der Waals surface area contributed by atoms with Gasteiger partial charge >= 0.3 is 0 Å². The van der Waals surface area contributed by atoms with Gasteiger partial charge in [0.25, 0.3) is 0 Å². The molecule has 5 nitrogen and oxygen atoms in total. The van der Waals surface area contributed by atoms with Crippen LogP contribution >= 0.6 is 39.5 Å². The summed E-state index contributed by atoms with van der Waals surface area (Å²) in [5.41, 5.74) is 13.9. The summed E-state index contributed by atoms with van der Waals surface area (Å²) in [4.78, 5) is 17.1. The first-order chi connectivity index (χ1) is 11.5. The monoisotopic (exact) mass is 423 g/mol. The van der Waals surface area contributed by atoms with Gasteiger partial charge in [-0.3, -0.25) is 4.79 Å². The van der Waals surface area contributed by atoms with Crippen LogP contribution in [0.5, 0.6) is 10.8 Å². The molecule has 0 bridgehead atoms. The minimum atomic E-state index is -0.373. The van der Waals surface area contributed by atoms with Crippen molar-refractivity contribution in [1.82, 2.24) is 4.98 Å². The van der Waals surface area contributed by atoms with Gasteiger partial charge in [-0.15, -0.1) is 11.3 Å². The van der Waals surface area contributed by atoms with E-state index >= 15 is 0 Å². The third-order valence-electron chi connectivity index (χ3n) is 3.67. The molecule has 1 aliphatic rings. The second-order valence-corrected chi connectivity index (χ2v) is 7.54. The lowest BCUT2D eigenvalue weighted by molar-refractivity contribution is -0.117. The molecule has 0 saturated carbocycles. The number of hydrogen-bond donors (Lipinski definition) is 2. The molecule has 0 aromatic carbocycles. The predicted octanol–water partition coefficient (Wildman–Crippen LogP) is 3.23. The molecule has 2 heterocycles. The molecule has 1 aliphatic carbocycles. The van der Waals surface area contributed by atoms with E-state index in [2.05, 4.69) is 20.9 Å². The summed E-state index contributed by atoms with van der Waals surface area (Å²) < 4.78 is 6.71. The van der Waals surface area contributed by atoms with E-state index in [1.54, 1.807) is 18.5 Å². The number of nitrogens with two attached hydrogens (primary N) is 2. The Balaban J connectivity index is 2.05. The van der Waals surface area contributed by atoms with Gasteiger partial charge in [0.05, 0.1) is 23.0 Å². The lowest BCUT2D eigenvalue weighted by atomic mass is 9.89. The Kier molecular flexibility index (Phi) is 4.98. The van der Waals surface area contributed by atoms with Gasteiger partial charge in [-0.25, -0.2) is 4.98 Å². The number of thiophene rings is 1. The summed E-state index contributed by atoms with van der Waals surface area (Å²) in [6, 6.07) is 3.60. The fraction of sp³-hybridized carbons (Fsp3) is 0.188. The summed E-state index contributed by atoms with van der Waals surface area (Å²) in [6.45, 7) is 0. The molecule has 2 aromatic rings. The van der Waals surface area contributed by atoms with Gasteiger partial charge in [-0.05, 0) is 58.2 Å². The lowest BCUT2D eigenvalue weighted by Crippen LogP contribution is -2.17. The highest BCUT2D eigenvalue weighted by molar-refractivity contribution is 9.10. The van der Waals surface area contributed by atoms with Crippen LogP contribution in [0.4, 0.5) is 0 Å². The Morgan fingerprint density at radius 1 is 1.46 bits per heavy atom. The van der Waals surface area contributed by atoms with Crippen molar-refractivity contribution in [1.29, 1.82) is 0 Å². The number of carbonyl (C=O) groups is 1. The van der Waals surface area contributed by atoms with E-state index in [4.69, 9.17) is 28.4 Å². The molecule has 0 saturated heterocycles. The maximum Gasteiger partial charge on any atom is 0.222 e. The molecule has 0 unspecified atom stereocenters. The van der Waals surface area contributed by atoms with Gasteiger partial charge in [0.15, 0.2) is 5.06 Å². The highest BCUT2D eigenvalue weighted by atomic mass is 79.9. The van der Waals surface area contributed by atoms with Crippen LogP contribution < -0.4 is 16.2 Å². The fourth-order valence-corrected chi connectivity index (χ4v) is 4.49. The average molecular weight is 424 g/mol. The number of carbonyl (C=O) groups excluding carboxylic acids is 1. The smallest absolute Gasteiger partial charge is 0.222 e. The number of fused-ring (bicyclic) bond motifs is 1. The van der Waals surface area contributed by atoms with E-state index < -0.39 is 0 Å². The lowest BCUT2D eigenvalue weighted by Gasteiger charge is -2.18. The van der Waals surface area contributed by atoms with Crippen molar-refractivity contribution in [3.05, 3.63) is 50.7 Å². The first-order valence-electron chi connectivity index (χ1n) is 7.17. The molecule has 4 N–H and O–H groups in total. The number of hydrogen-bond acceptors (Lipinski definition) is 6. The van der Waals surface area contributed by atoms with Crippen molar-refractivity contribution < 1.29 is 9.53 Å². The van der Waals surface area contributed by atoms with Crippen LogP contribution in [0.15, 0.2) is 34.7 Å². The van der Waals surface area contributed by atoms with Gasteiger partial charge in [0.2, 0.25) is 5.91 Å². The molecule has 1 amide bonds. The largest absolute Gasteiger partial charge is 0.444 e. The third-order valence-corrected chi connectivity index (χ3v) is 5.71. The fourth-order valence-electron chi connectivity index (χ4n) is 2.58. The van der Waals surface area contributed by atoms with E-state index in [1.807, 2.05) is 6.07 Å². The first-order valence-corrected chi connectivity index (χ1v) is 9.19. The Bertz CT molecular complexity index is 844. The SMILES string of the molecule is NC=C1CCc2c(CC(N)=O)sc(Oc3ccc(Br)nc3)c2C1=S. The first kappa shape index (κ1) is 17.1. The normalized spacial score (nSPS) is 15.4. The maximum atomic E-state index is 11.4. The van der Waals surface area contributed by atoms with Gasteiger partial charge < -0.3 is 16.2 Å². The molecule has 3 rings (SSSR count). The van der Waals surface area contributed by atoms with Crippen molar-refractivity contribution in [2.75, 3.05) is 0 Å². The van der Waals surface area contributed by atoms with Crippen molar-refractivity contribution in [3.63, 3.8) is 0 Å². The zero-order valence-corrected chi connectivity index (χ0v) is 15.8. The zero-order valence-electron chi connectivity index (χ0n) is 12.5. The molecule has 24 heavy (non-hydrogen) atoms. The van der Waals surface area contributed by atoms with Crippen LogP contribution in [0, 0.1) is 0 Å². The maximum absolute atomic E-state index is 11.4. The number of pyridine rings is 1. The van der Waals surface area contributed by atoms with Gasteiger partial charge in [0, 0.05) is 4.88 Å². The minimum absolute atomic E-state index is 0.180. The van der Waals surface area contributed by atoms with Crippen LogP contribution in [0.2, 0.25) is 0 Å². The minimum Gasteiger partial charge on any atom is -0.444 e. The summed E-state index contributed by atoms with van der Waals surface area (Å²) in [5.74, 6) is 0.224. The van der Waals surface area contributed by atoms with Crippen LogP contribution in [0.1, 0.15) is 22.4 Å². The number of aromatic nitrogens is 1. The molecule has 2 aromatic heterocycles. The second-order valence-electron chi connectivity index (χ2n) is 5.25. The van der Waals surface area contributed by atoms with Crippen LogP contribution in [-0.2, 0) is 17.6 Å². The van der Waals surface area contributed by atoms with Crippen LogP contribution in [-0.4, -0.2) is 15.8 Å². The molecule has 0 fully saturated rings. The number of rotatable bonds is 4. The summed E-state index contributed by atoms with van der Waals surface area (Å²) in [5, 5.41) is 0.648. The Morgan fingerprint density at radius 2 is 2.25 bits per heavy atom. The molecular formula is C16H14BrN3O2S2. The summed E-state index contributed by atoms with van der Waals surface area (Å²) >= 11 is 10.3. The van der Waals surface area contributed by atoms with Gasteiger partial charge in [0.1, 0.15) is 10.4 Å². The van der Waals surface area contributed by atoms with Gasteiger partial charge in [-0.2, -0.15) is 0 Å². The van der Waals surface area contributed by atoms with Crippen molar-refractivity contribution in [2.24, 2.45) is 11.5 Å². The highest BCUT2D eigenvalue weighted by Crippen LogP contribution is 2.43. The van der Waals surface area contributed by atoms with Crippen LogP contribution in [0.3, 0.4) is 0 Å². The van der Waals surface area contributed by atoms with Crippen molar-refractivity contribution in [2.45, 2.75) is 19.3 Å². The van der Waals surface area contributed by atoms with E-state index in [0.29, 0.717) is 15.7 Å². The molecule has 124 valence electrons. The standard InChI is InChI=1S/C16H14BrN3O2S2/c17-12-4-2-9(7-20-12)22-16-14-10(11(24-16)5-13(19)21)3-1-8(6-18)15(14)23/h2,4,6-7H,1,3,5,18H2,(H2,19,21). The summed E-state index contributed by atoms with van der Waals surface area (Å²) in [6.07, 6.45) is 4.86. The number of halogens is 1. The van der Waals surface area contributed by atoms with E-state index in [9.17, 15) is 4.79 Å². The number of amides is 1. The molecule has 0 aliphatic heterocycles. The Labute approximate surface area is 156 Å². The third kappa shape index (κ3) is 3.35. The zero-order chi connectivity index (χ0) is 17.3. The van der Waals surface area contributed by atoms with E-state index in [0.717, 1.165) is 39.0 Å². The number of ether oxygens (including phenoxy) is 1. The highest BCUT2D eigenvalue weighted by Gasteiger charge is 2.29. The van der Waals surface area contributed by atoms with Gasteiger partial charge in [-0.1, -0.05) is 12.2 Å². The van der Waals surface area contributed by atoms with E-state index in [-0.39, 0.29) is 12.3 Å². The second kappa shape index (κ2) is 7.00. The van der Waals surface area contributed by atoms with Crippen molar-refractivity contribution in [3.8, 4) is 10.8 Å². The topological polar surface area (TPSA) is 91.2 Å². The van der Waals surface area contributed by atoms with Crippen molar-refractivity contribution >= 4 is 50.3 Å². The Morgan fingerprint density at radius 3 is 2.88 bits per heavy atom. The molecular weight excluding hydrogens is 410 g/mol. The predicted molar refractivity (Wildman–Crippen MR) is 102 cm³/mol.